The Labute approximate surface area is 134 Å². The van der Waals surface area contributed by atoms with Gasteiger partial charge in [0.15, 0.2) is 5.13 Å². The Bertz CT molecular complexity index is 554. The fourth-order valence-electron chi connectivity index (χ4n) is 1.72. The third-order valence-electron chi connectivity index (χ3n) is 3.02. The highest BCUT2D eigenvalue weighted by Crippen LogP contribution is 2.24. The molecule has 0 spiro atoms. The van der Waals surface area contributed by atoms with Gasteiger partial charge < -0.3 is 16.4 Å². The van der Waals surface area contributed by atoms with Crippen molar-refractivity contribution in [1.29, 1.82) is 0 Å². The molecular weight excluding hydrogens is 308 g/mol. The van der Waals surface area contributed by atoms with Crippen LogP contribution in [0, 0.1) is 5.92 Å². The van der Waals surface area contributed by atoms with Crippen LogP contribution >= 0.6 is 23.7 Å². The fraction of sp³-hybridized carbons (Fsp3) is 0.429. The van der Waals surface area contributed by atoms with Crippen molar-refractivity contribution in [1.82, 2.24) is 10.3 Å². The number of thiazole rings is 1. The summed E-state index contributed by atoms with van der Waals surface area (Å²) in [6, 6.07) is 7.55. The smallest absolute Gasteiger partial charge is 0.237 e. The van der Waals surface area contributed by atoms with Gasteiger partial charge >= 0.3 is 0 Å². The Morgan fingerprint density at radius 3 is 2.71 bits per heavy atom. The first kappa shape index (κ1) is 17.7. The number of hydrogen-bond donors (Lipinski definition) is 3. The molecule has 4 N–H and O–H groups in total. The van der Waals surface area contributed by atoms with Crippen LogP contribution in [0.3, 0.4) is 0 Å². The van der Waals surface area contributed by atoms with Crippen molar-refractivity contribution in [3.05, 3.63) is 24.3 Å². The van der Waals surface area contributed by atoms with Gasteiger partial charge in [-0.25, -0.2) is 4.98 Å². The molecule has 1 amide bonds. The van der Waals surface area contributed by atoms with Gasteiger partial charge in [-0.15, -0.1) is 12.4 Å². The molecule has 1 atom stereocenters. The zero-order valence-corrected chi connectivity index (χ0v) is 13.8. The molecule has 2 rings (SSSR count). The molecule has 116 valence electrons. The largest absolute Gasteiger partial charge is 0.360 e. The maximum atomic E-state index is 11.7. The van der Waals surface area contributed by atoms with Gasteiger partial charge in [0.25, 0.3) is 0 Å². The summed E-state index contributed by atoms with van der Waals surface area (Å²) in [4.78, 5) is 16.1. The van der Waals surface area contributed by atoms with E-state index in [2.05, 4.69) is 15.6 Å². The molecule has 1 heterocycles. The normalized spacial score (nSPS) is 12.0. The SMILES string of the molecule is CC(C)[C@H](N)C(=O)NCCNc1nc2ccccc2s1.Cl. The van der Waals surface area contributed by atoms with Crippen LogP contribution in [0.5, 0.6) is 0 Å². The molecule has 21 heavy (non-hydrogen) atoms. The summed E-state index contributed by atoms with van der Waals surface area (Å²) in [5.41, 5.74) is 6.75. The van der Waals surface area contributed by atoms with Gasteiger partial charge in [0.05, 0.1) is 16.3 Å². The van der Waals surface area contributed by atoms with Gasteiger partial charge in [-0.3, -0.25) is 4.79 Å². The molecular formula is C14H21ClN4OS. The van der Waals surface area contributed by atoms with Crippen molar-refractivity contribution in [2.75, 3.05) is 18.4 Å². The lowest BCUT2D eigenvalue weighted by atomic mass is 10.1. The number of benzene rings is 1. The number of fused-ring (bicyclic) bond motifs is 1. The van der Waals surface area contributed by atoms with Crippen molar-refractivity contribution in [3.63, 3.8) is 0 Å². The summed E-state index contributed by atoms with van der Waals surface area (Å²) in [6.45, 7) is 5.04. The second-order valence-electron chi connectivity index (χ2n) is 4.97. The minimum atomic E-state index is -0.447. The van der Waals surface area contributed by atoms with Crippen LogP contribution in [-0.4, -0.2) is 30.0 Å². The molecule has 0 aliphatic heterocycles. The van der Waals surface area contributed by atoms with E-state index in [9.17, 15) is 4.79 Å². The number of nitrogens with one attached hydrogen (secondary N) is 2. The number of rotatable bonds is 6. The molecule has 0 bridgehead atoms. The number of hydrogen-bond acceptors (Lipinski definition) is 5. The van der Waals surface area contributed by atoms with Gasteiger partial charge in [-0.1, -0.05) is 37.3 Å². The second-order valence-corrected chi connectivity index (χ2v) is 6.00. The van der Waals surface area contributed by atoms with E-state index in [1.54, 1.807) is 11.3 Å². The third-order valence-corrected chi connectivity index (χ3v) is 4.01. The highest BCUT2D eigenvalue weighted by atomic mass is 35.5. The van der Waals surface area contributed by atoms with E-state index in [0.29, 0.717) is 13.1 Å². The third kappa shape index (κ3) is 4.84. The van der Waals surface area contributed by atoms with Crippen LogP contribution in [0.2, 0.25) is 0 Å². The molecule has 0 aliphatic rings. The molecule has 7 heteroatoms. The Kier molecular flexibility index (Phi) is 6.87. The van der Waals surface area contributed by atoms with E-state index in [-0.39, 0.29) is 24.2 Å². The molecule has 0 saturated carbocycles. The number of aromatic nitrogens is 1. The quantitative estimate of drug-likeness (QED) is 0.710. The molecule has 5 nitrogen and oxygen atoms in total. The minimum absolute atomic E-state index is 0. The molecule has 0 aliphatic carbocycles. The van der Waals surface area contributed by atoms with E-state index in [1.807, 2.05) is 38.1 Å². The number of anilines is 1. The monoisotopic (exact) mass is 328 g/mol. The molecule has 0 saturated heterocycles. The lowest BCUT2D eigenvalue weighted by Crippen LogP contribution is -2.45. The summed E-state index contributed by atoms with van der Waals surface area (Å²) < 4.78 is 1.15. The second kappa shape index (κ2) is 8.17. The topological polar surface area (TPSA) is 80.0 Å². The highest BCUT2D eigenvalue weighted by molar-refractivity contribution is 7.22. The van der Waals surface area contributed by atoms with Crippen LogP contribution < -0.4 is 16.4 Å². The number of nitrogens with two attached hydrogens (primary N) is 1. The number of carbonyl (C=O) groups excluding carboxylic acids is 1. The summed E-state index contributed by atoms with van der Waals surface area (Å²) in [5.74, 6) is 0.0401. The van der Waals surface area contributed by atoms with Crippen molar-refractivity contribution in [2.45, 2.75) is 19.9 Å². The van der Waals surface area contributed by atoms with E-state index in [1.165, 1.54) is 0 Å². The van der Waals surface area contributed by atoms with E-state index in [4.69, 9.17) is 5.73 Å². The first-order valence-corrected chi connectivity index (χ1v) is 7.52. The van der Waals surface area contributed by atoms with Crippen LogP contribution in [0.25, 0.3) is 10.2 Å². The Hall–Kier alpha value is -1.37. The zero-order chi connectivity index (χ0) is 14.5. The highest BCUT2D eigenvalue weighted by Gasteiger charge is 2.16. The fourth-order valence-corrected chi connectivity index (χ4v) is 2.61. The van der Waals surface area contributed by atoms with Crippen molar-refractivity contribution in [2.24, 2.45) is 11.7 Å². The molecule has 2 aromatic rings. The van der Waals surface area contributed by atoms with Crippen molar-refractivity contribution >= 4 is 45.0 Å². The summed E-state index contributed by atoms with van der Waals surface area (Å²) in [5, 5.41) is 6.90. The predicted molar refractivity (Wildman–Crippen MR) is 91.2 cm³/mol. The van der Waals surface area contributed by atoms with Crippen LogP contribution in [-0.2, 0) is 4.79 Å². The van der Waals surface area contributed by atoms with E-state index in [0.717, 1.165) is 15.3 Å². The van der Waals surface area contributed by atoms with Gasteiger partial charge in [-0.05, 0) is 18.1 Å². The molecule has 0 unspecified atom stereocenters. The Morgan fingerprint density at radius 2 is 2.05 bits per heavy atom. The summed E-state index contributed by atoms with van der Waals surface area (Å²) in [7, 11) is 0. The minimum Gasteiger partial charge on any atom is -0.360 e. The summed E-state index contributed by atoms with van der Waals surface area (Å²) in [6.07, 6.45) is 0. The Balaban J connectivity index is 0.00000220. The molecule has 1 aromatic carbocycles. The van der Waals surface area contributed by atoms with Gasteiger partial charge in [0.1, 0.15) is 0 Å². The Morgan fingerprint density at radius 1 is 1.33 bits per heavy atom. The van der Waals surface area contributed by atoms with Crippen molar-refractivity contribution in [3.8, 4) is 0 Å². The molecule has 0 fully saturated rings. The van der Waals surface area contributed by atoms with E-state index >= 15 is 0 Å². The maximum Gasteiger partial charge on any atom is 0.237 e. The average Bonchev–Trinajstić information content (AvgIpc) is 2.85. The predicted octanol–water partition coefficient (Wildman–Crippen LogP) is 2.23. The van der Waals surface area contributed by atoms with E-state index < -0.39 is 6.04 Å². The van der Waals surface area contributed by atoms with Crippen LogP contribution in [0.4, 0.5) is 5.13 Å². The standard InChI is InChI=1S/C14H20N4OS.ClH/c1-9(2)12(15)13(19)16-7-8-17-14-18-10-5-3-4-6-11(10)20-14;/h3-6,9,12H,7-8,15H2,1-2H3,(H,16,19)(H,17,18);1H/t12-;/m0./s1. The lowest BCUT2D eigenvalue weighted by Gasteiger charge is -2.15. The maximum absolute atomic E-state index is 11.7. The number of halogens is 1. The zero-order valence-electron chi connectivity index (χ0n) is 12.1. The first-order chi connectivity index (χ1) is 9.58. The average molecular weight is 329 g/mol. The number of nitrogens with zero attached hydrogens (tertiary/aromatic N) is 1. The van der Waals surface area contributed by atoms with Crippen LogP contribution in [0.15, 0.2) is 24.3 Å². The summed E-state index contributed by atoms with van der Waals surface area (Å²) >= 11 is 1.61. The first-order valence-electron chi connectivity index (χ1n) is 6.70. The number of amides is 1. The van der Waals surface area contributed by atoms with Crippen LogP contribution in [0.1, 0.15) is 13.8 Å². The van der Waals surface area contributed by atoms with Gasteiger partial charge in [0, 0.05) is 13.1 Å². The molecule has 0 radical (unpaired) electrons. The van der Waals surface area contributed by atoms with Crippen molar-refractivity contribution < 1.29 is 4.79 Å². The van der Waals surface area contributed by atoms with Gasteiger partial charge in [-0.2, -0.15) is 0 Å². The molecule has 1 aromatic heterocycles. The lowest BCUT2D eigenvalue weighted by molar-refractivity contribution is -0.123. The number of para-hydroxylation sites is 1. The van der Waals surface area contributed by atoms with Gasteiger partial charge in [0.2, 0.25) is 5.91 Å². The number of carbonyl (C=O) groups is 1.